The van der Waals surface area contributed by atoms with E-state index >= 15 is 0 Å². The van der Waals surface area contributed by atoms with E-state index in [-0.39, 0.29) is 5.91 Å². The molecule has 134 valence electrons. The van der Waals surface area contributed by atoms with Crippen molar-refractivity contribution in [1.82, 2.24) is 14.9 Å². The van der Waals surface area contributed by atoms with Crippen molar-refractivity contribution in [2.45, 2.75) is 13.1 Å². The third-order valence-corrected chi connectivity index (χ3v) is 4.79. The van der Waals surface area contributed by atoms with E-state index in [9.17, 15) is 4.79 Å². The summed E-state index contributed by atoms with van der Waals surface area (Å²) in [4.78, 5) is 25.5. The molecule has 7 heteroatoms. The molecule has 3 heterocycles. The largest absolute Gasteiger partial charge is 0.378 e. The normalized spacial score (nSPS) is 17.0. The van der Waals surface area contributed by atoms with Gasteiger partial charge in [-0.2, -0.15) is 0 Å². The Morgan fingerprint density at radius 1 is 1.15 bits per heavy atom. The molecule has 0 unspecified atom stereocenters. The zero-order valence-electron chi connectivity index (χ0n) is 14.3. The average molecular weight is 371 g/mol. The minimum absolute atomic E-state index is 0.0362. The number of morpholine rings is 1. The summed E-state index contributed by atoms with van der Waals surface area (Å²) < 4.78 is 5.37. The molecule has 1 aromatic carbocycles. The monoisotopic (exact) mass is 370 g/mol. The van der Waals surface area contributed by atoms with E-state index in [1.165, 1.54) is 0 Å². The number of fused-ring (bicyclic) bond motifs is 1. The number of ether oxygens (including phenoxy) is 1. The zero-order chi connectivity index (χ0) is 17.9. The first-order chi connectivity index (χ1) is 12.7. The van der Waals surface area contributed by atoms with Gasteiger partial charge < -0.3 is 14.5 Å². The van der Waals surface area contributed by atoms with Gasteiger partial charge in [0.25, 0.3) is 0 Å². The molecule has 6 nitrogen and oxygen atoms in total. The first-order valence-electron chi connectivity index (χ1n) is 8.59. The lowest BCUT2D eigenvalue weighted by atomic mass is 10.2. The van der Waals surface area contributed by atoms with E-state index in [1.54, 1.807) is 29.2 Å². The number of nitrogens with zero attached hydrogens (tertiary/aromatic N) is 4. The smallest absolute Gasteiger partial charge is 0.247 e. The Balaban J connectivity index is 1.42. The summed E-state index contributed by atoms with van der Waals surface area (Å²) in [5.41, 5.74) is 2.87. The van der Waals surface area contributed by atoms with Crippen molar-refractivity contribution < 1.29 is 9.53 Å². The highest BCUT2D eigenvalue weighted by Crippen LogP contribution is 2.23. The maximum Gasteiger partial charge on any atom is 0.247 e. The van der Waals surface area contributed by atoms with E-state index in [0.29, 0.717) is 31.3 Å². The van der Waals surface area contributed by atoms with Gasteiger partial charge >= 0.3 is 0 Å². The number of carbonyl (C=O) groups is 1. The second-order valence-electron chi connectivity index (χ2n) is 6.32. The number of hydrogen-bond donors (Lipinski definition) is 0. The molecule has 1 fully saturated rings. The van der Waals surface area contributed by atoms with Crippen LogP contribution >= 0.6 is 11.6 Å². The van der Waals surface area contributed by atoms with Gasteiger partial charge in [-0.1, -0.05) is 23.7 Å². The minimum Gasteiger partial charge on any atom is -0.378 e. The van der Waals surface area contributed by atoms with Crippen LogP contribution in [0.25, 0.3) is 6.08 Å². The number of halogens is 1. The van der Waals surface area contributed by atoms with Crippen molar-refractivity contribution in [2.75, 3.05) is 31.2 Å². The number of rotatable bonds is 3. The first-order valence-corrected chi connectivity index (χ1v) is 8.97. The third-order valence-electron chi connectivity index (χ3n) is 4.54. The van der Waals surface area contributed by atoms with Crippen LogP contribution in [0.5, 0.6) is 0 Å². The van der Waals surface area contributed by atoms with Gasteiger partial charge in [0.1, 0.15) is 0 Å². The van der Waals surface area contributed by atoms with E-state index in [1.807, 2.05) is 18.3 Å². The molecule has 1 saturated heterocycles. The van der Waals surface area contributed by atoms with Crippen LogP contribution in [0.15, 0.2) is 36.5 Å². The summed E-state index contributed by atoms with van der Waals surface area (Å²) >= 11 is 5.88. The Kier molecular flexibility index (Phi) is 4.86. The number of hydrogen-bond acceptors (Lipinski definition) is 5. The highest BCUT2D eigenvalue weighted by molar-refractivity contribution is 6.30. The molecule has 0 bridgehead atoms. The summed E-state index contributed by atoms with van der Waals surface area (Å²) in [6, 6.07) is 7.37. The van der Waals surface area contributed by atoms with Gasteiger partial charge in [-0.05, 0) is 23.8 Å². The maximum atomic E-state index is 12.5. The maximum absolute atomic E-state index is 12.5. The van der Waals surface area contributed by atoms with Gasteiger partial charge in [-0.15, -0.1) is 0 Å². The van der Waals surface area contributed by atoms with Crippen molar-refractivity contribution in [2.24, 2.45) is 0 Å². The highest BCUT2D eigenvalue weighted by atomic mass is 35.5. The van der Waals surface area contributed by atoms with Gasteiger partial charge in [-0.25, -0.2) is 9.97 Å². The fourth-order valence-corrected chi connectivity index (χ4v) is 3.19. The second-order valence-corrected chi connectivity index (χ2v) is 6.76. The lowest BCUT2D eigenvalue weighted by Gasteiger charge is -2.26. The van der Waals surface area contributed by atoms with Crippen LogP contribution in [0.2, 0.25) is 5.02 Å². The Labute approximate surface area is 157 Å². The van der Waals surface area contributed by atoms with Gasteiger partial charge in [0.05, 0.1) is 25.5 Å². The first kappa shape index (κ1) is 17.0. The fourth-order valence-electron chi connectivity index (χ4n) is 3.06. The predicted molar refractivity (Wildman–Crippen MR) is 99.8 cm³/mol. The fraction of sp³-hybridized carbons (Fsp3) is 0.316. The van der Waals surface area contributed by atoms with Crippen molar-refractivity contribution in [1.29, 1.82) is 0 Å². The van der Waals surface area contributed by atoms with Crippen LogP contribution in [-0.2, 0) is 22.6 Å². The Morgan fingerprint density at radius 2 is 1.92 bits per heavy atom. The molecular formula is C19H19ClN4O2. The molecule has 2 aliphatic heterocycles. The average Bonchev–Trinajstić information content (AvgIpc) is 3.11. The lowest BCUT2D eigenvalue weighted by Crippen LogP contribution is -2.37. The van der Waals surface area contributed by atoms with Crippen LogP contribution in [0.1, 0.15) is 16.8 Å². The minimum atomic E-state index is -0.0362. The van der Waals surface area contributed by atoms with Crippen LogP contribution < -0.4 is 4.90 Å². The van der Waals surface area contributed by atoms with Crippen LogP contribution in [0.4, 0.5) is 5.95 Å². The van der Waals surface area contributed by atoms with Crippen LogP contribution in [0.3, 0.4) is 0 Å². The summed E-state index contributed by atoms with van der Waals surface area (Å²) in [5.74, 6) is 0.684. The molecule has 0 spiro atoms. The lowest BCUT2D eigenvalue weighted by molar-refractivity contribution is -0.126. The van der Waals surface area contributed by atoms with Gasteiger partial charge in [0.2, 0.25) is 11.9 Å². The van der Waals surface area contributed by atoms with Gasteiger partial charge in [0, 0.05) is 42.5 Å². The zero-order valence-corrected chi connectivity index (χ0v) is 15.0. The molecule has 1 aromatic heterocycles. The molecule has 26 heavy (non-hydrogen) atoms. The Hall–Kier alpha value is -2.44. The third kappa shape index (κ3) is 3.71. The quantitative estimate of drug-likeness (QED) is 0.777. The molecular weight excluding hydrogens is 352 g/mol. The Morgan fingerprint density at radius 3 is 2.69 bits per heavy atom. The number of benzene rings is 1. The molecule has 1 amide bonds. The van der Waals surface area contributed by atoms with Gasteiger partial charge in [0.15, 0.2) is 0 Å². The second kappa shape index (κ2) is 7.43. The van der Waals surface area contributed by atoms with Gasteiger partial charge in [-0.3, -0.25) is 4.79 Å². The number of anilines is 1. The van der Waals surface area contributed by atoms with Crippen LogP contribution in [-0.4, -0.2) is 47.1 Å². The number of carbonyl (C=O) groups excluding carboxylic acids is 1. The molecule has 0 saturated carbocycles. The molecule has 2 aromatic rings. The molecule has 0 radical (unpaired) electrons. The standard InChI is InChI=1S/C19H19ClN4O2/c20-16-4-1-14(2-5-16)3-6-18(25)24-12-15-11-21-19(22-17(15)13-24)23-7-9-26-10-8-23/h1-6,11H,7-10,12-13H2/b6-3+. The summed E-state index contributed by atoms with van der Waals surface area (Å²) in [6.45, 7) is 4.04. The van der Waals surface area contributed by atoms with Crippen molar-refractivity contribution >= 4 is 29.5 Å². The SMILES string of the molecule is O=C(/C=C/c1ccc(Cl)cc1)N1Cc2cnc(N3CCOCC3)nc2C1. The Bertz CT molecular complexity index is 832. The van der Waals surface area contributed by atoms with Crippen LogP contribution in [0, 0.1) is 0 Å². The summed E-state index contributed by atoms with van der Waals surface area (Å²) in [7, 11) is 0. The van der Waals surface area contributed by atoms with E-state index in [4.69, 9.17) is 16.3 Å². The topological polar surface area (TPSA) is 58.6 Å². The number of aromatic nitrogens is 2. The molecule has 0 aliphatic carbocycles. The summed E-state index contributed by atoms with van der Waals surface area (Å²) in [6.07, 6.45) is 5.22. The molecule has 4 rings (SSSR count). The van der Waals surface area contributed by atoms with E-state index in [0.717, 1.165) is 35.9 Å². The van der Waals surface area contributed by atoms with Crippen molar-refractivity contribution in [3.05, 3.63) is 58.4 Å². The van der Waals surface area contributed by atoms with Crippen molar-refractivity contribution in [3.8, 4) is 0 Å². The highest BCUT2D eigenvalue weighted by Gasteiger charge is 2.25. The molecule has 0 atom stereocenters. The molecule has 2 aliphatic rings. The summed E-state index contributed by atoms with van der Waals surface area (Å²) in [5, 5.41) is 0.679. The van der Waals surface area contributed by atoms with E-state index in [2.05, 4.69) is 14.9 Å². The number of amides is 1. The van der Waals surface area contributed by atoms with E-state index < -0.39 is 0 Å². The van der Waals surface area contributed by atoms with Crippen molar-refractivity contribution in [3.63, 3.8) is 0 Å². The predicted octanol–water partition coefficient (Wildman–Crippen LogP) is 2.52. The molecule has 0 N–H and O–H groups in total.